The topological polar surface area (TPSA) is 63.6 Å². The van der Waals surface area contributed by atoms with Crippen LogP contribution < -0.4 is 0 Å². The van der Waals surface area contributed by atoms with Gasteiger partial charge in [-0.05, 0) is 24.8 Å². The van der Waals surface area contributed by atoms with Crippen LogP contribution in [-0.4, -0.2) is 29.1 Å². The summed E-state index contributed by atoms with van der Waals surface area (Å²) in [7, 11) is 0. The highest BCUT2D eigenvalue weighted by atomic mass is 16.5. The van der Waals surface area contributed by atoms with E-state index in [0.717, 1.165) is 0 Å². The Morgan fingerprint density at radius 1 is 1.04 bits per heavy atom. The van der Waals surface area contributed by atoms with E-state index in [4.69, 9.17) is 4.74 Å². The second kappa shape index (κ2) is 10.3. The van der Waals surface area contributed by atoms with Crippen LogP contribution in [0.1, 0.15) is 47.5 Å². The fourth-order valence-corrected chi connectivity index (χ4v) is 3.10. The van der Waals surface area contributed by atoms with Crippen molar-refractivity contribution in [1.82, 2.24) is 0 Å². The van der Waals surface area contributed by atoms with Gasteiger partial charge in [-0.15, -0.1) is 0 Å². The quantitative estimate of drug-likeness (QED) is 0.731. The Kier molecular flexibility index (Phi) is 8.84. The van der Waals surface area contributed by atoms with E-state index in [0.29, 0.717) is 12.8 Å². The highest BCUT2D eigenvalue weighted by Gasteiger charge is 2.24. The fourth-order valence-electron chi connectivity index (χ4n) is 3.10. The molecule has 25 heavy (non-hydrogen) atoms. The molecule has 0 radical (unpaired) electrons. The van der Waals surface area contributed by atoms with Crippen LogP contribution in [0.15, 0.2) is 36.5 Å². The Bertz CT molecular complexity index is 532. The number of rotatable bonds is 1. The zero-order chi connectivity index (χ0) is 19.0. The van der Waals surface area contributed by atoms with Gasteiger partial charge in [0, 0.05) is 23.8 Å². The maximum atomic E-state index is 12.2. The molecule has 0 saturated carbocycles. The van der Waals surface area contributed by atoms with Crippen molar-refractivity contribution in [2.75, 3.05) is 0 Å². The number of aliphatic hydroxyl groups is 1. The molecule has 0 spiro atoms. The summed E-state index contributed by atoms with van der Waals surface area (Å²) in [6, 6.07) is 0. The van der Waals surface area contributed by atoms with Crippen molar-refractivity contribution < 1.29 is 19.4 Å². The van der Waals surface area contributed by atoms with Gasteiger partial charge in [-0.3, -0.25) is 4.79 Å². The fraction of sp³-hybridized carbons (Fsp3) is 0.619. The van der Waals surface area contributed by atoms with E-state index in [-0.39, 0.29) is 41.5 Å². The first-order valence-corrected chi connectivity index (χ1v) is 9.21. The van der Waals surface area contributed by atoms with Crippen LogP contribution in [0.2, 0.25) is 0 Å². The van der Waals surface area contributed by atoms with E-state index in [1.165, 1.54) is 6.08 Å². The Labute approximate surface area is 151 Å². The lowest BCUT2D eigenvalue weighted by molar-refractivity contribution is -0.144. The Morgan fingerprint density at radius 3 is 2.36 bits per heavy atom. The third-order valence-corrected chi connectivity index (χ3v) is 4.91. The van der Waals surface area contributed by atoms with Crippen molar-refractivity contribution in [3.05, 3.63) is 36.5 Å². The lowest BCUT2D eigenvalue weighted by Crippen LogP contribution is -2.28. The minimum atomic E-state index is -0.614. The zero-order valence-electron chi connectivity index (χ0n) is 16.0. The average Bonchev–Trinajstić information content (AvgIpc) is 2.58. The Hall–Kier alpha value is -1.68. The van der Waals surface area contributed by atoms with Gasteiger partial charge in [0.25, 0.3) is 0 Å². The van der Waals surface area contributed by atoms with Crippen molar-refractivity contribution in [2.45, 2.75) is 59.7 Å². The molecule has 1 aliphatic heterocycles. The minimum absolute atomic E-state index is 0.0464. The van der Waals surface area contributed by atoms with Crippen LogP contribution in [0.3, 0.4) is 0 Å². The second-order valence-corrected chi connectivity index (χ2v) is 7.21. The number of aliphatic hydroxyl groups excluding tert-OH is 1. The predicted molar refractivity (Wildman–Crippen MR) is 99.9 cm³/mol. The summed E-state index contributed by atoms with van der Waals surface area (Å²) >= 11 is 0. The molecule has 0 bridgehead atoms. The van der Waals surface area contributed by atoms with Gasteiger partial charge in [-0.25, -0.2) is 4.79 Å². The third kappa shape index (κ3) is 6.99. The number of hydrogen-bond acceptors (Lipinski definition) is 4. The van der Waals surface area contributed by atoms with Gasteiger partial charge in [-0.2, -0.15) is 0 Å². The predicted octanol–water partition coefficient (Wildman–Crippen LogP) is 3.85. The molecule has 0 aromatic rings. The summed E-state index contributed by atoms with van der Waals surface area (Å²) in [6.07, 6.45) is 10.7. The van der Waals surface area contributed by atoms with Crippen LogP contribution in [0, 0.1) is 23.7 Å². The van der Waals surface area contributed by atoms with Crippen LogP contribution in [0.25, 0.3) is 0 Å². The monoisotopic (exact) mass is 348 g/mol. The highest BCUT2D eigenvalue weighted by molar-refractivity contribution is 5.91. The number of allylic oxidation sites excluding steroid dienone is 3. The van der Waals surface area contributed by atoms with Gasteiger partial charge in [0.2, 0.25) is 0 Å². The lowest BCUT2D eigenvalue weighted by atomic mass is 9.85. The van der Waals surface area contributed by atoms with Crippen LogP contribution in [-0.2, 0) is 14.3 Å². The molecule has 0 saturated heterocycles. The molecule has 1 aliphatic rings. The van der Waals surface area contributed by atoms with Crippen molar-refractivity contribution in [2.24, 2.45) is 23.7 Å². The first-order chi connectivity index (χ1) is 11.8. The summed E-state index contributed by atoms with van der Waals surface area (Å²) < 4.78 is 5.51. The summed E-state index contributed by atoms with van der Waals surface area (Å²) in [5.41, 5.74) is 0. The maximum absolute atomic E-state index is 12.2. The molecular weight excluding hydrogens is 316 g/mol. The molecule has 0 fully saturated rings. The normalized spacial score (nSPS) is 39.4. The second-order valence-electron chi connectivity index (χ2n) is 7.21. The van der Waals surface area contributed by atoms with E-state index in [9.17, 15) is 14.7 Å². The molecule has 4 heteroatoms. The third-order valence-electron chi connectivity index (χ3n) is 4.91. The van der Waals surface area contributed by atoms with E-state index in [2.05, 4.69) is 0 Å². The number of carbonyl (C=O) groups is 2. The van der Waals surface area contributed by atoms with Crippen molar-refractivity contribution in [1.29, 1.82) is 0 Å². The van der Waals surface area contributed by atoms with Crippen molar-refractivity contribution in [3.8, 4) is 0 Å². The molecule has 4 nitrogen and oxygen atoms in total. The molecule has 1 rings (SSSR count). The molecule has 6 atom stereocenters. The zero-order valence-corrected chi connectivity index (χ0v) is 16.0. The SMILES string of the molecule is CC[C@H]1OC(=O)/C=C\[C@H](C)[C@@H](O)[C@@H](C)C[C@@H](C)C(=O)/C=C\C=C/[C@@H]1C. The van der Waals surface area contributed by atoms with Gasteiger partial charge >= 0.3 is 5.97 Å². The number of hydrogen-bond donors (Lipinski definition) is 1. The Balaban J connectivity index is 3.03. The summed E-state index contributed by atoms with van der Waals surface area (Å²) in [5, 5.41) is 10.4. The molecule has 0 aromatic heterocycles. The molecule has 0 unspecified atom stereocenters. The van der Waals surface area contributed by atoms with Gasteiger partial charge in [0.15, 0.2) is 5.78 Å². The summed E-state index contributed by atoms with van der Waals surface area (Å²) in [6.45, 7) is 9.63. The minimum Gasteiger partial charge on any atom is -0.459 e. The smallest absolute Gasteiger partial charge is 0.330 e. The molecule has 0 aliphatic carbocycles. The number of cyclic esters (lactones) is 1. The number of esters is 1. The number of ketones is 1. The lowest BCUT2D eigenvalue weighted by Gasteiger charge is -2.25. The highest BCUT2D eigenvalue weighted by Crippen LogP contribution is 2.22. The van der Waals surface area contributed by atoms with Crippen LogP contribution in [0.5, 0.6) is 0 Å². The van der Waals surface area contributed by atoms with Gasteiger partial charge < -0.3 is 9.84 Å². The van der Waals surface area contributed by atoms with Crippen molar-refractivity contribution >= 4 is 11.8 Å². The number of ether oxygens (including phenoxy) is 1. The van der Waals surface area contributed by atoms with E-state index < -0.39 is 6.10 Å². The molecule has 1 N–H and O–H groups in total. The van der Waals surface area contributed by atoms with Crippen LogP contribution in [0.4, 0.5) is 0 Å². The number of carbonyl (C=O) groups excluding carboxylic acids is 2. The van der Waals surface area contributed by atoms with Gasteiger partial charge in [0.1, 0.15) is 6.10 Å². The standard InChI is InChI=1S/C21H32O4/c1-6-19-14(2)9-7-8-10-18(22)16(4)13-17(5)21(24)15(3)11-12-20(23)25-19/h7-12,14-17,19,21,24H,6,13H2,1-5H3/b9-7-,10-8-,12-11-/t14-,15-,16+,17-,19+,21+/m0/s1. The van der Waals surface area contributed by atoms with Gasteiger partial charge in [-0.1, -0.05) is 58.9 Å². The molecule has 0 amide bonds. The first kappa shape index (κ1) is 21.4. The molecule has 1 heterocycles. The average molecular weight is 348 g/mol. The molecule has 140 valence electrons. The van der Waals surface area contributed by atoms with E-state index in [1.54, 1.807) is 18.2 Å². The van der Waals surface area contributed by atoms with E-state index >= 15 is 0 Å². The largest absolute Gasteiger partial charge is 0.459 e. The first-order valence-electron chi connectivity index (χ1n) is 9.21. The summed E-state index contributed by atoms with van der Waals surface area (Å²) in [5.74, 6) is -0.657. The summed E-state index contributed by atoms with van der Waals surface area (Å²) in [4.78, 5) is 24.2. The van der Waals surface area contributed by atoms with E-state index in [1.807, 2.05) is 46.8 Å². The van der Waals surface area contributed by atoms with Gasteiger partial charge in [0.05, 0.1) is 6.10 Å². The van der Waals surface area contributed by atoms with Crippen molar-refractivity contribution in [3.63, 3.8) is 0 Å². The molecule has 0 aromatic carbocycles. The maximum Gasteiger partial charge on any atom is 0.330 e. The van der Waals surface area contributed by atoms with Crippen LogP contribution >= 0.6 is 0 Å². The Morgan fingerprint density at radius 2 is 1.72 bits per heavy atom. The molecular formula is C21H32O4.